The topological polar surface area (TPSA) is 58.8 Å². The molecule has 0 bridgehead atoms. The van der Waals surface area contributed by atoms with Crippen LogP contribution in [-0.2, 0) is 4.74 Å². The van der Waals surface area contributed by atoms with E-state index < -0.39 is 5.60 Å². The van der Waals surface area contributed by atoms with Crippen molar-refractivity contribution >= 4 is 23.2 Å². The molecule has 1 amide bonds. The molecule has 6 heteroatoms. The number of carbonyl (C=O) groups is 1. The second kappa shape index (κ2) is 6.34. The molecule has 0 unspecified atom stereocenters. The van der Waals surface area contributed by atoms with Crippen LogP contribution in [0.3, 0.4) is 0 Å². The van der Waals surface area contributed by atoms with E-state index in [1.165, 1.54) is 0 Å². The minimum Gasteiger partial charge on any atom is -0.444 e. The Kier molecular flexibility index (Phi) is 4.39. The Labute approximate surface area is 142 Å². The van der Waals surface area contributed by atoms with Crippen molar-refractivity contribution in [2.45, 2.75) is 45.3 Å². The molecular formula is C18H25N3O3. The summed E-state index contributed by atoms with van der Waals surface area (Å²) in [6.07, 6.45) is 1.48. The SMILES string of the molecule is CN(C(=O)OC(C)(C)C)C1CCN(c2nc3ccccc3o2)CC1. The fourth-order valence-electron chi connectivity index (χ4n) is 2.92. The van der Waals surface area contributed by atoms with Crippen LogP contribution in [0.25, 0.3) is 11.1 Å². The van der Waals surface area contributed by atoms with Crippen LogP contribution >= 0.6 is 0 Å². The van der Waals surface area contributed by atoms with Crippen molar-refractivity contribution in [1.82, 2.24) is 9.88 Å². The lowest BCUT2D eigenvalue weighted by atomic mass is 10.0. The zero-order valence-corrected chi connectivity index (χ0v) is 14.8. The lowest BCUT2D eigenvalue weighted by molar-refractivity contribution is 0.0200. The quantitative estimate of drug-likeness (QED) is 0.840. The third kappa shape index (κ3) is 3.63. The van der Waals surface area contributed by atoms with Crippen LogP contribution in [0.4, 0.5) is 10.8 Å². The van der Waals surface area contributed by atoms with Crippen molar-refractivity contribution < 1.29 is 13.9 Å². The number of anilines is 1. The van der Waals surface area contributed by atoms with Crippen LogP contribution in [0.1, 0.15) is 33.6 Å². The minimum absolute atomic E-state index is 0.181. The van der Waals surface area contributed by atoms with E-state index in [-0.39, 0.29) is 12.1 Å². The number of piperidine rings is 1. The number of oxazole rings is 1. The molecule has 1 aromatic heterocycles. The number of hydrogen-bond donors (Lipinski definition) is 0. The molecule has 130 valence electrons. The number of para-hydroxylation sites is 2. The molecule has 1 aliphatic heterocycles. The van der Waals surface area contributed by atoms with Crippen LogP contribution in [0.2, 0.25) is 0 Å². The standard InChI is InChI=1S/C18H25N3O3/c1-18(2,3)24-17(22)20(4)13-9-11-21(12-10-13)16-19-14-7-5-6-8-15(14)23-16/h5-8,13H,9-12H2,1-4H3. The molecule has 6 nitrogen and oxygen atoms in total. The number of carbonyl (C=O) groups excluding carboxylic acids is 1. The van der Waals surface area contributed by atoms with E-state index in [1.807, 2.05) is 52.1 Å². The van der Waals surface area contributed by atoms with Crippen molar-refractivity contribution in [3.8, 4) is 0 Å². The van der Waals surface area contributed by atoms with Crippen molar-refractivity contribution in [3.05, 3.63) is 24.3 Å². The van der Waals surface area contributed by atoms with Gasteiger partial charge in [0.05, 0.1) is 0 Å². The summed E-state index contributed by atoms with van der Waals surface area (Å²) in [6, 6.07) is 8.62. The summed E-state index contributed by atoms with van der Waals surface area (Å²) < 4.78 is 11.3. The van der Waals surface area contributed by atoms with Gasteiger partial charge in [0, 0.05) is 26.2 Å². The molecule has 24 heavy (non-hydrogen) atoms. The smallest absolute Gasteiger partial charge is 0.410 e. The zero-order chi connectivity index (χ0) is 17.3. The van der Waals surface area contributed by atoms with Crippen LogP contribution in [0, 0.1) is 0 Å². The second-order valence-corrected chi connectivity index (χ2v) is 7.27. The average Bonchev–Trinajstić information content (AvgIpc) is 2.96. The van der Waals surface area contributed by atoms with Gasteiger partial charge in [0.25, 0.3) is 6.01 Å². The van der Waals surface area contributed by atoms with Crippen molar-refractivity contribution in [1.29, 1.82) is 0 Å². The lowest BCUT2D eigenvalue weighted by Gasteiger charge is -2.36. The van der Waals surface area contributed by atoms with E-state index >= 15 is 0 Å². The van der Waals surface area contributed by atoms with Crippen LogP contribution in [-0.4, -0.2) is 47.8 Å². The van der Waals surface area contributed by atoms with E-state index in [9.17, 15) is 4.79 Å². The largest absolute Gasteiger partial charge is 0.444 e. The van der Waals surface area contributed by atoms with Crippen LogP contribution in [0.15, 0.2) is 28.7 Å². The minimum atomic E-state index is -0.468. The van der Waals surface area contributed by atoms with E-state index in [0.717, 1.165) is 37.0 Å². The molecular weight excluding hydrogens is 306 g/mol. The first kappa shape index (κ1) is 16.6. The Morgan fingerprint density at radius 1 is 1.29 bits per heavy atom. The molecule has 3 rings (SSSR count). The summed E-state index contributed by atoms with van der Waals surface area (Å²) in [4.78, 5) is 20.6. The number of fused-ring (bicyclic) bond motifs is 1. The van der Waals surface area contributed by atoms with Gasteiger partial charge in [-0.15, -0.1) is 0 Å². The molecule has 2 aromatic rings. The van der Waals surface area contributed by atoms with E-state index in [1.54, 1.807) is 4.90 Å². The van der Waals surface area contributed by atoms with Gasteiger partial charge in [-0.05, 0) is 45.7 Å². The Morgan fingerprint density at radius 3 is 2.58 bits per heavy atom. The number of rotatable bonds is 2. The summed E-state index contributed by atoms with van der Waals surface area (Å²) in [5, 5.41) is 0. The highest BCUT2D eigenvalue weighted by Crippen LogP contribution is 2.26. The molecule has 0 radical (unpaired) electrons. The highest BCUT2D eigenvalue weighted by molar-refractivity contribution is 5.74. The molecule has 1 saturated heterocycles. The number of benzene rings is 1. The van der Waals surface area contributed by atoms with E-state index in [0.29, 0.717) is 6.01 Å². The number of nitrogens with zero attached hydrogens (tertiary/aromatic N) is 3. The number of hydrogen-bond acceptors (Lipinski definition) is 5. The molecule has 0 N–H and O–H groups in total. The first-order chi connectivity index (χ1) is 11.3. The Bertz CT molecular complexity index is 679. The molecule has 1 aromatic carbocycles. The molecule has 0 spiro atoms. The lowest BCUT2D eigenvalue weighted by Crippen LogP contribution is -2.47. The summed E-state index contributed by atoms with van der Waals surface area (Å²) >= 11 is 0. The van der Waals surface area contributed by atoms with Crippen molar-refractivity contribution in [2.75, 3.05) is 25.0 Å². The highest BCUT2D eigenvalue weighted by Gasteiger charge is 2.29. The fraction of sp³-hybridized carbons (Fsp3) is 0.556. The van der Waals surface area contributed by atoms with Crippen LogP contribution in [0.5, 0.6) is 0 Å². The first-order valence-electron chi connectivity index (χ1n) is 8.40. The molecule has 2 heterocycles. The average molecular weight is 331 g/mol. The molecule has 1 aliphatic rings. The monoisotopic (exact) mass is 331 g/mol. The fourth-order valence-corrected chi connectivity index (χ4v) is 2.92. The maximum Gasteiger partial charge on any atom is 0.410 e. The van der Waals surface area contributed by atoms with Gasteiger partial charge < -0.3 is 19.0 Å². The number of amides is 1. The van der Waals surface area contributed by atoms with Crippen LogP contribution < -0.4 is 4.90 Å². The van der Waals surface area contributed by atoms with Crippen molar-refractivity contribution in [2.24, 2.45) is 0 Å². The summed E-state index contributed by atoms with van der Waals surface area (Å²) in [5.74, 6) is 0. The van der Waals surface area contributed by atoms with Gasteiger partial charge in [-0.2, -0.15) is 4.98 Å². The van der Waals surface area contributed by atoms with Gasteiger partial charge in [0.2, 0.25) is 0 Å². The summed E-state index contributed by atoms with van der Waals surface area (Å²) in [7, 11) is 1.81. The molecule has 0 aliphatic carbocycles. The predicted molar refractivity (Wildman–Crippen MR) is 93.2 cm³/mol. The van der Waals surface area contributed by atoms with Gasteiger partial charge in [-0.25, -0.2) is 4.79 Å². The number of aromatic nitrogens is 1. The molecule has 1 fully saturated rings. The number of ether oxygens (including phenoxy) is 1. The third-order valence-electron chi connectivity index (χ3n) is 4.25. The van der Waals surface area contributed by atoms with Gasteiger partial charge in [-0.1, -0.05) is 12.1 Å². The van der Waals surface area contributed by atoms with Gasteiger partial charge >= 0.3 is 6.09 Å². The molecule has 0 saturated carbocycles. The van der Waals surface area contributed by atoms with Gasteiger partial charge in [0.15, 0.2) is 5.58 Å². The maximum absolute atomic E-state index is 12.2. The third-order valence-corrected chi connectivity index (χ3v) is 4.25. The Morgan fingerprint density at radius 2 is 1.96 bits per heavy atom. The van der Waals surface area contributed by atoms with E-state index in [4.69, 9.17) is 9.15 Å². The summed E-state index contributed by atoms with van der Waals surface area (Å²) in [5.41, 5.74) is 1.21. The van der Waals surface area contributed by atoms with Crippen molar-refractivity contribution in [3.63, 3.8) is 0 Å². The van der Waals surface area contributed by atoms with Gasteiger partial charge in [0.1, 0.15) is 11.1 Å². The first-order valence-corrected chi connectivity index (χ1v) is 8.40. The zero-order valence-electron chi connectivity index (χ0n) is 14.8. The highest BCUT2D eigenvalue weighted by atomic mass is 16.6. The van der Waals surface area contributed by atoms with E-state index in [2.05, 4.69) is 9.88 Å². The Hall–Kier alpha value is -2.24. The maximum atomic E-state index is 12.2. The summed E-state index contributed by atoms with van der Waals surface area (Å²) in [6.45, 7) is 7.27. The molecule has 0 atom stereocenters. The Balaban J connectivity index is 1.60. The second-order valence-electron chi connectivity index (χ2n) is 7.27. The van der Waals surface area contributed by atoms with Gasteiger partial charge in [-0.3, -0.25) is 0 Å². The normalized spacial score (nSPS) is 16.4. The predicted octanol–water partition coefficient (Wildman–Crippen LogP) is 3.66.